The summed E-state index contributed by atoms with van der Waals surface area (Å²) in [7, 11) is 0. The molecule has 23 heavy (non-hydrogen) atoms. The van der Waals surface area contributed by atoms with Gasteiger partial charge in [-0.2, -0.15) is 5.26 Å². The van der Waals surface area contributed by atoms with Crippen molar-refractivity contribution >= 4 is 5.91 Å². The number of aromatic amines is 1. The molecule has 0 saturated carbocycles. The molecule has 6 heteroatoms. The fourth-order valence-corrected chi connectivity index (χ4v) is 3.00. The Morgan fingerprint density at radius 3 is 2.87 bits per heavy atom. The summed E-state index contributed by atoms with van der Waals surface area (Å²) in [6, 6.07) is 1.94. The highest BCUT2D eigenvalue weighted by molar-refractivity contribution is 5.76. The van der Waals surface area contributed by atoms with E-state index in [0.29, 0.717) is 38.1 Å². The molecule has 124 valence electrons. The van der Waals surface area contributed by atoms with Crippen molar-refractivity contribution < 1.29 is 9.53 Å². The maximum Gasteiger partial charge on any atom is 0.266 e. The zero-order chi connectivity index (χ0) is 17.0. The molecule has 1 aromatic rings. The number of H-pyrrole nitrogens is 1. The average molecular weight is 317 g/mol. The van der Waals surface area contributed by atoms with Crippen LogP contribution in [0.2, 0.25) is 0 Å². The van der Waals surface area contributed by atoms with Gasteiger partial charge in [0.25, 0.3) is 5.56 Å². The zero-order valence-corrected chi connectivity index (χ0v) is 13.9. The van der Waals surface area contributed by atoms with Gasteiger partial charge in [-0.3, -0.25) is 9.59 Å². The first-order valence-corrected chi connectivity index (χ1v) is 7.99. The summed E-state index contributed by atoms with van der Waals surface area (Å²) in [6.45, 7) is 7.47. The van der Waals surface area contributed by atoms with Crippen LogP contribution in [0, 0.1) is 25.2 Å². The largest absolute Gasteiger partial charge is 0.375 e. The number of carbonyl (C=O) groups is 1. The second-order valence-corrected chi connectivity index (χ2v) is 5.91. The van der Waals surface area contributed by atoms with E-state index in [1.165, 1.54) is 0 Å². The molecular formula is C17H23N3O3. The molecule has 2 rings (SSSR count). The normalized spacial score (nSPS) is 17.8. The number of nitrogens with zero attached hydrogens (tertiary/aromatic N) is 2. The van der Waals surface area contributed by atoms with Crippen LogP contribution in [0.5, 0.6) is 0 Å². The van der Waals surface area contributed by atoms with Crippen LogP contribution in [0.3, 0.4) is 0 Å². The summed E-state index contributed by atoms with van der Waals surface area (Å²) in [6.07, 6.45) is 1.91. The first-order valence-electron chi connectivity index (χ1n) is 7.99. The molecule has 0 aromatic carbocycles. The van der Waals surface area contributed by atoms with Crippen LogP contribution >= 0.6 is 0 Å². The van der Waals surface area contributed by atoms with E-state index < -0.39 is 0 Å². The van der Waals surface area contributed by atoms with Gasteiger partial charge in [-0.1, -0.05) is 6.92 Å². The van der Waals surface area contributed by atoms with Crippen molar-refractivity contribution in [3.05, 3.63) is 32.7 Å². The number of rotatable bonds is 4. The molecule has 0 bridgehead atoms. The molecule has 1 amide bonds. The molecule has 1 atom stereocenters. The number of morpholine rings is 1. The Bertz CT molecular complexity index is 688. The Kier molecular flexibility index (Phi) is 5.56. The highest BCUT2D eigenvalue weighted by Crippen LogP contribution is 2.16. The minimum atomic E-state index is -0.364. The molecule has 1 aromatic heterocycles. The van der Waals surface area contributed by atoms with Crippen LogP contribution < -0.4 is 5.56 Å². The van der Waals surface area contributed by atoms with E-state index in [2.05, 4.69) is 11.9 Å². The third-order valence-corrected chi connectivity index (χ3v) is 4.46. The lowest BCUT2D eigenvalue weighted by Gasteiger charge is -2.32. The molecule has 1 N–H and O–H groups in total. The predicted molar refractivity (Wildman–Crippen MR) is 86.2 cm³/mol. The van der Waals surface area contributed by atoms with Gasteiger partial charge in [0.15, 0.2) is 0 Å². The molecule has 0 aliphatic carbocycles. The van der Waals surface area contributed by atoms with Gasteiger partial charge in [-0.05, 0) is 37.8 Å². The van der Waals surface area contributed by atoms with Gasteiger partial charge < -0.3 is 14.6 Å². The number of hydrogen-bond acceptors (Lipinski definition) is 4. The Morgan fingerprint density at radius 2 is 2.22 bits per heavy atom. The highest BCUT2D eigenvalue weighted by atomic mass is 16.5. The summed E-state index contributed by atoms with van der Waals surface area (Å²) in [5, 5.41) is 9.09. The van der Waals surface area contributed by atoms with E-state index in [-0.39, 0.29) is 23.1 Å². The lowest BCUT2D eigenvalue weighted by Crippen LogP contribution is -2.45. The maximum atomic E-state index is 12.4. The lowest BCUT2D eigenvalue weighted by atomic mass is 9.99. The van der Waals surface area contributed by atoms with Crippen molar-refractivity contribution in [2.45, 2.75) is 46.1 Å². The Hall–Kier alpha value is -2.13. The van der Waals surface area contributed by atoms with Gasteiger partial charge in [0.1, 0.15) is 11.6 Å². The standard InChI is InChI=1S/C17H23N3O3/c1-4-13-10-20(7-8-23-13)16(21)6-5-14-11(2)15(9-18)17(22)19-12(14)3/h13H,4-8,10H2,1-3H3,(H,19,22). The number of aryl methyl sites for hydroxylation is 1. The maximum absolute atomic E-state index is 12.4. The van der Waals surface area contributed by atoms with Crippen LogP contribution in [0.15, 0.2) is 4.79 Å². The monoisotopic (exact) mass is 317 g/mol. The Morgan fingerprint density at radius 1 is 1.48 bits per heavy atom. The molecule has 0 radical (unpaired) electrons. The van der Waals surface area contributed by atoms with E-state index in [0.717, 1.165) is 17.7 Å². The first kappa shape index (κ1) is 17.2. The molecule has 1 saturated heterocycles. The van der Waals surface area contributed by atoms with Gasteiger partial charge in [-0.25, -0.2) is 0 Å². The van der Waals surface area contributed by atoms with Crippen molar-refractivity contribution in [2.24, 2.45) is 0 Å². The molecule has 1 unspecified atom stereocenters. The van der Waals surface area contributed by atoms with Gasteiger partial charge in [0, 0.05) is 25.2 Å². The minimum Gasteiger partial charge on any atom is -0.375 e. The van der Waals surface area contributed by atoms with Crippen LogP contribution in [0.25, 0.3) is 0 Å². The van der Waals surface area contributed by atoms with E-state index in [9.17, 15) is 9.59 Å². The third-order valence-electron chi connectivity index (χ3n) is 4.46. The quantitative estimate of drug-likeness (QED) is 0.910. The van der Waals surface area contributed by atoms with Gasteiger partial charge in [0.2, 0.25) is 5.91 Å². The van der Waals surface area contributed by atoms with Crippen LogP contribution in [0.4, 0.5) is 0 Å². The lowest BCUT2D eigenvalue weighted by molar-refractivity contribution is -0.138. The number of hydrogen-bond donors (Lipinski definition) is 1. The molecule has 1 fully saturated rings. The topological polar surface area (TPSA) is 86.2 Å². The fraction of sp³-hybridized carbons (Fsp3) is 0.588. The van der Waals surface area contributed by atoms with Gasteiger partial charge >= 0.3 is 0 Å². The number of pyridine rings is 1. The predicted octanol–water partition coefficient (Wildman–Crippen LogP) is 1.43. The third kappa shape index (κ3) is 3.80. The number of ether oxygens (including phenoxy) is 1. The number of nitriles is 1. The summed E-state index contributed by atoms with van der Waals surface area (Å²) >= 11 is 0. The minimum absolute atomic E-state index is 0.0928. The van der Waals surface area contributed by atoms with Gasteiger partial charge in [0.05, 0.1) is 12.7 Å². The smallest absolute Gasteiger partial charge is 0.266 e. The SMILES string of the molecule is CCC1CN(C(=O)CCc2c(C)[nH]c(=O)c(C#N)c2C)CCO1. The van der Waals surface area contributed by atoms with Gasteiger partial charge in [-0.15, -0.1) is 0 Å². The summed E-state index contributed by atoms with van der Waals surface area (Å²) in [4.78, 5) is 28.7. The van der Waals surface area contributed by atoms with Crippen LogP contribution in [-0.4, -0.2) is 41.6 Å². The van der Waals surface area contributed by atoms with E-state index >= 15 is 0 Å². The van der Waals surface area contributed by atoms with Crippen molar-refractivity contribution in [3.8, 4) is 6.07 Å². The number of aromatic nitrogens is 1. The average Bonchev–Trinajstić information content (AvgIpc) is 2.54. The fourth-order valence-electron chi connectivity index (χ4n) is 3.00. The highest BCUT2D eigenvalue weighted by Gasteiger charge is 2.23. The molecule has 2 heterocycles. The van der Waals surface area contributed by atoms with E-state index in [1.54, 1.807) is 13.8 Å². The van der Waals surface area contributed by atoms with Crippen LogP contribution in [0.1, 0.15) is 42.1 Å². The zero-order valence-electron chi connectivity index (χ0n) is 13.9. The van der Waals surface area contributed by atoms with Crippen molar-refractivity contribution in [1.29, 1.82) is 5.26 Å². The molecular weight excluding hydrogens is 294 g/mol. The van der Waals surface area contributed by atoms with Crippen LogP contribution in [-0.2, 0) is 16.0 Å². The van der Waals surface area contributed by atoms with Crippen molar-refractivity contribution in [2.75, 3.05) is 19.7 Å². The molecule has 1 aliphatic rings. The van der Waals surface area contributed by atoms with Crippen molar-refractivity contribution in [3.63, 3.8) is 0 Å². The number of nitrogens with one attached hydrogen (secondary N) is 1. The summed E-state index contributed by atoms with van der Waals surface area (Å²) < 4.78 is 5.58. The summed E-state index contributed by atoms with van der Waals surface area (Å²) in [5.41, 5.74) is 2.06. The Labute approximate surface area is 136 Å². The Balaban J connectivity index is 2.08. The molecule has 0 spiro atoms. The summed E-state index contributed by atoms with van der Waals surface area (Å²) in [5.74, 6) is 0.0928. The van der Waals surface area contributed by atoms with E-state index in [4.69, 9.17) is 10.00 Å². The molecule has 1 aliphatic heterocycles. The number of amides is 1. The number of carbonyl (C=O) groups excluding carboxylic acids is 1. The second kappa shape index (κ2) is 7.42. The van der Waals surface area contributed by atoms with Crippen molar-refractivity contribution in [1.82, 2.24) is 9.88 Å². The first-order chi connectivity index (χ1) is 11.0. The second-order valence-electron chi connectivity index (χ2n) is 5.91. The molecule has 6 nitrogen and oxygen atoms in total. The van der Waals surface area contributed by atoms with E-state index in [1.807, 2.05) is 11.0 Å².